The number of aromatic amines is 1. The lowest BCUT2D eigenvalue weighted by Crippen LogP contribution is -2.26. The maximum atomic E-state index is 11.9. The van der Waals surface area contributed by atoms with Gasteiger partial charge in [0.2, 0.25) is 5.91 Å². The van der Waals surface area contributed by atoms with Crippen LogP contribution in [0.4, 0.5) is 0 Å². The molecule has 1 fully saturated rings. The molecule has 0 radical (unpaired) electrons. The first-order chi connectivity index (χ1) is 11.2. The fourth-order valence-electron chi connectivity index (χ4n) is 2.72. The van der Waals surface area contributed by atoms with Crippen LogP contribution in [-0.2, 0) is 11.3 Å². The predicted molar refractivity (Wildman–Crippen MR) is 95.9 cm³/mol. The quantitative estimate of drug-likeness (QED) is 0.752. The van der Waals surface area contributed by atoms with Gasteiger partial charge in [0.05, 0.1) is 23.3 Å². The van der Waals surface area contributed by atoms with Gasteiger partial charge in [0.25, 0.3) is 0 Å². The summed E-state index contributed by atoms with van der Waals surface area (Å²) in [5.74, 6) is 2.31. The van der Waals surface area contributed by atoms with Crippen LogP contribution in [0.3, 0.4) is 0 Å². The minimum absolute atomic E-state index is 0.0508. The van der Waals surface area contributed by atoms with Crippen molar-refractivity contribution < 1.29 is 4.79 Å². The van der Waals surface area contributed by atoms with E-state index >= 15 is 0 Å². The molecule has 2 aromatic rings. The van der Waals surface area contributed by atoms with E-state index in [9.17, 15) is 4.79 Å². The van der Waals surface area contributed by atoms with Gasteiger partial charge in [-0.2, -0.15) is 11.8 Å². The smallest absolute Gasteiger partial charge is 0.230 e. The van der Waals surface area contributed by atoms with Gasteiger partial charge in [0.1, 0.15) is 5.82 Å². The SMILES string of the molecule is O=C(CSCCN1CCCC1)NCc1nc2ccc(Cl)cc2[nH]1. The first-order valence-corrected chi connectivity index (χ1v) is 9.45. The number of halogens is 1. The van der Waals surface area contributed by atoms with E-state index in [1.165, 1.54) is 25.9 Å². The van der Waals surface area contributed by atoms with Gasteiger partial charge in [0, 0.05) is 17.3 Å². The van der Waals surface area contributed by atoms with Gasteiger partial charge in [-0.1, -0.05) is 11.6 Å². The third-order valence-corrected chi connectivity index (χ3v) is 5.10. The van der Waals surface area contributed by atoms with Gasteiger partial charge in [-0.05, 0) is 44.1 Å². The molecule has 1 aliphatic heterocycles. The van der Waals surface area contributed by atoms with Gasteiger partial charge in [0.15, 0.2) is 0 Å². The van der Waals surface area contributed by atoms with Gasteiger partial charge in [-0.25, -0.2) is 4.98 Å². The van der Waals surface area contributed by atoms with E-state index < -0.39 is 0 Å². The number of fused-ring (bicyclic) bond motifs is 1. The van der Waals surface area contributed by atoms with Crippen molar-refractivity contribution in [1.29, 1.82) is 0 Å². The molecule has 3 rings (SSSR count). The number of hydrogen-bond acceptors (Lipinski definition) is 4. The van der Waals surface area contributed by atoms with Crippen LogP contribution in [0.1, 0.15) is 18.7 Å². The molecule has 1 aromatic heterocycles. The molecule has 1 amide bonds. The summed E-state index contributed by atoms with van der Waals surface area (Å²) in [5, 5.41) is 3.58. The van der Waals surface area contributed by atoms with E-state index in [0.29, 0.717) is 17.3 Å². The zero-order valence-electron chi connectivity index (χ0n) is 13.0. The van der Waals surface area contributed by atoms with E-state index in [2.05, 4.69) is 20.2 Å². The summed E-state index contributed by atoms with van der Waals surface area (Å²) in [6.45, 7) is 3.92. The number of carbonyl (C=O) groups is 1. The molecule has 2 heterocycles. The molecule has 0 atom stereocenters. The summed E-state index contributed by atoms with van der Waals surface area (Å²) >= 11 is 7.64. The Labute approximate surface area is 145 Å². The van der Waals surface area contributed by atoms with Crippen molar-refractivity contribution in [2.24, 2.45) is 0 Å². The van der Waals surface area contributed by atoms with E-state index in [1.54, 1.807) is 11.8 Å². The average molecular weight is 353 g/mol. The van der Waals surface area contributed by atoms with E-state index in [-0.39, 0.29) is 5.91 Å². The number of carbonyl (C=O) groups excluding carboxylic acids is 1. The molecule has 0 bridgehead atoms. The zero-order valence-corrected chi connectivity index (χ0v) is 14.6. The molecule has 0 spiro atoms. The van der Waals surface area contributed by atoms with Crippen molar-refractivity contribution in [3.05, 3.63) is 29.0 Å². The minimum atomic E-state index is 0.0508. The summed E-state index contributed by atoms with van der Waals surface area (Å²) in [4.78, 5) is 21.9. The van der Waals surface area contributed by atoms with Crippen molar-refractivity contribution >= 4 is 40.3 Å². The minimum Gasteiger partial charge on any atom is -0.348 e. The molecule has 1 aromatic carbocycles. The largest absolute Gasteiger partial charge is 0.348 e. The number of benzene rings is 1. The highest BCUT2D eigenvalue weighted by molar-refractivity contribution is 7.99. The highest BCUT2D eigenvalue weighted by Crippen LogP contribution is 2.17. The number of imidazole rings is 1. The van der Waals surface area contributed by atoms with E-state index in [0.717, 1.165) is 29.2 Å². The van der Waals surface area contributed by atoms with Crippen LogP contribution in [0.15, 0.2) is 18.2 Å². The lowest BCUT2D eigenvalue weighted by Gasteiger charge is -2.13. The molecule has 1 saturated heterocycles. The van der Waals surface area contributed by atoms with Crippen molar-refractivity contribution in [2.75, 3.05) is 31.1 Å². The highest BCUT2D eigenvalue weighted by Gasteiger charge is 2.11. The Kier molecular flexibility index (Phi) is 5.80. The number of H-pyrrole nitrogens is 1. The summed E-state index contributed by atoms with van der Waals surface area (Å²) < 4.78 is 0. The molecule has 1 aliphatic rings. The highest BCUT2D eigenvalue weighted by atomic mass is 35.5. The normalized spacial score (nSPS) is 15.3. The van der Waals surface area contributed by atoms with Crippen LogP contribution < -0.4 is 5.32 Å². The fourth-order valence-corrected chi connectivity index (χ4v) is 3.71. The van der Waals surface area contributed by atoms with Gasteiger partial charge < -0.3 is 15.2 Å². The van der Waals surface area contributed by atoms with Crippen LogP contribution in [0.5, 0.6) is 0 Å². The van der Waals surface area contributed by atoms with Gasteiger partial charge in [-0.3, -0.25) is 4.79 Å². The Hall–Kier alpha value is -1.24. The maximum absolute atomic E-state index is 11.9. The topological polar surface area (TPSA) is 61.0 Å². The standard InChI is InChI=1S/C16H21ClN4OS/c17-12-3-4-13-14(9-12)20-15(19-13)10-18-16(22)11-23-8-7-21-5-1-2-6-21/h3-4,9H,1-2,5-8,10-11H2,(H,18,22)(H,19,20). The molecular weight excluding hydrogens is 332 g/mol. The second kappa shape index (κ2) is 8.04. The molecule has 0 unspecified atom stereocenters. The lowest BCUT2D eigenvalue weighted by atomic mass is 10.3. The Morgan fingerprint density at radius 2 is 2.22 bits per heavy atom. The molecule has 2 N–H and O–H groups in total. The average Bonchev–Trinajstić information content (AvgIpc) is 3.18. The summed E-state index contributed by atoms with van der Waals surface area (Å²) in [6, 6.07) is 5.52. The first-order valence-electron chi connectivity index (χ1n) is 7.92. The Morgan fingerprint density at radius 3 is 3.04 bits per heavy atom. The van der Waals surface area contributed by atoms with Crippen LogP contribution in [-0.4, -0.2) is 51.9 Å². The Balaban J connectivity index is 1.37. The maximum Gasteiger partial charge on any atom is 0.230 e. The number of amides is 1. The number of rotatable bonds is 7. The number of hydrogen-bond donors (Lipinski definition) is 2. The number of nitrogens with zero attached hydrogens (tertiary/aromatic N) is 2. The predicted octanol–water partition coefficient (Wildman–Crippen LogP) is 2.66. The second-order valence-corrected chi connectivity index (χ2v) is 7.26. The van der Waals surface area contributed by atoms with Crippen LogP contribution in [0.2, 0.25) is 5.02 Å². The fraction of sp³-hybridized carbons (Fsp3) is 0.500. The number of aromatic nitrogens is 2. The molecular formula is C16H21ClN4OS. The van der Waals surface area contributed by atoms with Crippen LogP contribution >= 0.6 is 23.4 Å². The molecule has 0 aliphatic carbocycles. The summed E-state index contributed by atoms with van der Waals surface area (Å²) in [5.41, 5.74) is 1.75. The molecule has 5 nitrogen and oxygen atoms in total. The van der Waals surface area contributed by atoms with E-state index in [1.807, 2.05) is 18.2 Å². The molecule has 7 heteroatoms. The molecule has 23 heavy (non-hydrogen) atoms. The Bertz CT molecular complexity index is 669. The first kappa shape index (κ1) is 16.6. The van der Waals surface area contributed by atoms with Crippen molar-refractivity contribution in [1.82, 2.24) is 20.2 Å². The number of likely N-dealkylation sites (tertiary alicyclic amines) is 1. The summed E-state index contributed by atoms with van der Waals surface area (Å²) in [7, 11) is 0. The number of nitrogens with one attached hydrogen (secondary N) is 2. The second-order valence-electron chi connectivity index (χ2n) is 5.72. The Morgan fingerprint density at radius 1 is 1.39 bits per heavy atom. The number of thioether (sulfide) groups is 1. The van der Waals surface area contributed by atoms with Crippen LogP contribution in [0, 0.1) is 0 Å². The molecule has 124 valence electrons. The van der Waals surface area contributed by atoms with Crippen molar-refractivity contribution in [3.63, 3.8) is 0 Å². The van der Waals surface area contributed by atoms with Gasteiger partial charge >= 0.3 is 0 Å². The zero-order chi connectivity index (χ0) is 16.1. The van der Waals surface area contributed by atoms with Crippen molar-refractivity contribution in [3.8, 4) is 0 Å². The molecule has 0 saturated carbocycles. The summed E-state index contributed by atoms with van der Waals surface area (Å²) in [6.07, 6.45) is 2.63. The monoisotopic (exact) mass is 352 g/mol. The van der Waals surface area contributed by atoms with Crippen molar-refractivity contribution in [2.45, 2.75) is 19.4 Å². The lowest BCUT2D eigenvalue weighted by molar-refractivity contribution is -0.118. The third kappa shape index (κ3) is 4.86. The van der Waals surface area contributed by atoms with E-state index in [4.69, 9.17) is 11.6 Å². The van der Waals surface area contributed by atoms with Crippen LogP contribution in [0.25, 0.3) is 11.0 Å². The van der Waals surface area contributed by atoms with Gasteiger partial charge in [-0.15, -0.1) is 0 Å². The third-order valence-electron chi connectivity index (χ3n) is 3.93.